The van der Waals surface area contributed by atoms with Gasteiger partial charge in [-0.2, -0.15) is 0 Å². The van der Waals surface area contributed by atoms with E-state index in [1.807, 2.05) is 13.0 Å². The van der Waals surface area contributed by atoms with Gasteiger partial charge in [0.15, 0.2) is 0 Å². The smallest absolute Gasteiger partial charge is 0.334 e. The highest BCUT2D eigenvalue weighted by Gasteiger charge is 2.42. The maximum atomic E-state index is 11.6. The summed E-state index contributed by atoms with van der Waals surface area (Å²) in [6.45, 7) is 7.43. The van der Waals surface area contributed by atoms with Crippen molar-refractivity contribution in [1.82, 2.24) is 0 Å². The fraction of sp³-hybridized carbons (Fsp3) is 0.533. The lowest BCUT2D eigenvalue weighted by Crippen LogP contribution is -2.29. The molecule has 1 fully saturated rings. The lowest BCUT2D eigenvalue weighted by atomic mass is 9.85. The Morgan fingerprint density at radius 3 is 2.74 bits per heavy atom. The third kappa shape index (κ3) is 2.80. The van der Waals surface area contributed by atoms with Gasteiger partial charge in [0, 0.05) is 5.57 Å². The van der Waals surface area contributed by atoms with Crippen LogP contribution in [-0.2, 0) is 9.53 Å². The van der Waals surface area contributed by atoms with E-state index in [4.69, 9.17) is 4.74 Å². The summed E-state index contributed by atoms with van der Waals surface area (Å²) in [4.78, 5) is 11.6. The van der Waals surface area contributed by atoms with Crippen molar-refractivity contribution < 1.29 is 19.7 Å². The van der Waals surface area contributed by atoms with Gasteiger partial charge in [-0.3, -0.25) is 0 Å². The van der Waals surface area contributed by atoms with Crippen molar-refractivity contribution in [3.05, 3.63) is 35.5 Å². The topological polar surface area (TPSA) is 66.8 Å². The van der Waals surface area contributed by atoms with Gasteiger partial charge in [-0.05, 0) is 38.3 Å². The molecular weight excluding hydrogens is 244 g/mol. The van der Waals surface area contributed by atoms with E-state index < -0.39 is 30.2 Å². The van der Waals surface area contributed by atoms with Gasteiger partial charge < -0.3 is 14.9 Å². The van der Waals surface area contributed by atoms with Crippen LogP contribution in [0.1, 0.15) is 26.7 Å². The van der Waals surface area contributed by atoms with Crippen molar-refractivity contribution in [2.24, 2.45) is 5.92 Å². The molecule has 1 aliphatic carbocycles. The Kier molecular flexibility index (Phi) is 3.92. The average molecular weight is 264 g/mol. The molecule has 0 aromatic heterocycles. The normalized spacial score (nSPS) is 41.7. The van der Waals surface area contributed by atoms with E-state index in [2.05, 4.69) is 6.58 Å². The van der Waals surface area contributed by atoms with Crippen molar-refractivity contribution in [2.45, 2.75) is 45.0 Å². The first-order valence-corrected chi connectivity index (χ1v) is 6.50. The van der Waals surface area contributed by atoms with Crippen molar-refractivity contribution >= 4 is 5.97 Å². The molecule has 1 saturated heterocycles. The Labute approximate surface area is 113 Å². The number of fused-ring (bicyclic) bond motifs is 1. The summed E-state index contributed by atoms with van der Waals surface area (Å²) in [5, 5.41) is 20.3. The molecule has 1 heterocycles. The maximum Gasteiger partial charge on any atom is 0.334 e. The summed E-state index contributed by atoms with van der Waals surface area (Å²) >= 11 is 0. The number of hydrogen-bond acceptors (Lipinski definition) is 4. The quantitative estimate of drug-likeness (QED) is 0.395. The molecule has 0 aromatic carbocycles. The SMILES string of the molecule is C=C1C(=O)O[C@@H]2/C=C(/C)[C@H](O)C/C=C(\C)C[C@@H](O)[C@@H]12. The largest absolute Gasteiger partial charge is 0.454 e. The van der Waals surface area contributed by atoms with Crippen LogP contribution in [-0.4, -0.2) is 34.5 Å². The molecule has 4 heteroatoms. The second-order valence-electron chi connectivity index (χ2n) is 5.41. The highest BCUT2D eigenvalue weighted by molar-refractivity contribution is 5.91. The van der Waals surface area contributed by atoms with Crippen molar-refractivity contribution in [1.29, 1.82) is 0 Å². The van der Waals surface area contributed by atoms with E-state index in [1.165, 1.54) is 0 Å². The van der Waals surface area contributed by atoms with E-state index in [0.717, 1.165) is 11.1 Å². The minimum absolute atomic E-state index is 0.310. The monoisotopic (exact) mass is 264 g/mol. The molecule has 0 saturated carbocycles. The molecule has 0 spiro atoms. The van der Waals surface area contributed by atoms with Crippen LogP contribution in [0.25, 0.3) is 0 Å². The fourth-order valence-electron chi connectivity index (χ4n) is 2.60. The first-order chi connectivity index (χ1) is 8.90. The van der Waals surface area contributed by atoms with Crippen molar-refractivity contribution in [3.63, 3.8) is 0 Å². The molecule has 2 aliphatic rings. The van der Waals surface area contributed by atoms with Crippen LogP contribution in [0, 0.1) is 5.92 Å². The van der Waals surface area contributed by atoms with Crippen LogP contribution in [0.5, 0.6) is 0 Å². The van der Waals surface area contributed by atoms with E-state index in [-0.39, 0.29) is 0 Å². The van der Waals surface area contributed by atoms with Crippen LogP contribution in [0.15, 0.2) is 35.5 Å². The Hall–Kier alpha value is -1.39. The van der Waals surface area contributed by atoms with Gasteiger partial charge in [-0.15, -0.1) is 0 Å². The molecule has 19 heavy (non-hydrogen) atoms. The van der Waals surface area contributed by atoms with Crippen LogP contribution >= 0.6 is 0 Å². The van der Waals surface area contributed by atoms with Gasteiger partial charge in [0.1, 0.15) is 6.10 Å². The van der Waals surface area contributed by atoms with E-state index >= 15 is 0 Å². The van der Waals surface area contributed by atoms with Crippen LogP contribution < -0.4 is 0 Å². The van der Waals surface area contributed by atoms with Gasteiger partial charge in [0.25, 0.3) is 0 Å². The Bertz CT molecular complexity index is 461. The summed E-state index contributed by atoms with van der Waals surface area (Å²) in [6.07, 6.45) is 2.80. The Morgan fingerprint density at radius 2 is 2.05 bits per heavy atom. The van der Waals surface area contributed by atoms with Crippen molar-refractivity contribution in [2.75, 3.05) is 0 Å². The number of rotatable bonds is 0. The third-order valence-corrected chi connectivity index (χ3v) is 3.85. The summed E-state index contributed by atoms with van der Waals surface area (Å²) in [6, 6.07) is 0. The fourth-order valence-corrected chi connectivity index (χ4v) is 2.60. The minimum atomic E-state index is -0.695. The van der Waals surface area contributed by atoms with Gasteiger partial charge in [0.05, 0.1) is 18.1 Å². The molecule has 0 aromatic rings. The highest BCUT2D eigenvalue weighted by Crippen LogP contribution is 2.34. The second-order valence-corrected chi connectivity index (χ2v) is 5.41. The number of aliphatic hydroxyl groups is 2. The standard InChI is InChI=1S/C15H20O4/c1-8-4-5-11(16)9(2)7-13-14(12(17)6-8)10(3)15(18)19-13/h4,7,11-14,16-17H,3,5-6H2,1-2H3/b8-4+,9-7-/t11-,12-,13-,14-/m1/s1. The molecule has 2 rings (SSSR count). The average Bonchev–Trinajstić information content (AvgIpc) is 2.60. The van der Waals surface area contributed by atoms with E-state index in [1.54, 1.807) is 13.0 Å². The molecule has 0 bridgehead atoms. The molecule has 4 nitrogen and oxygen atoms in total. The molecule has 0 radical (unpaired) electrons. The number of carbonyl (C=O) groups excluding carboxylic acids is 1. The van der Waals surface area contributed by atoms with Gasteiger partial charge in [0.2, 0.25) is 0 Å². The Balaban J connectivity index is 2.38. The van der Waals surface area contributed by atoms with E-state index in [0.29, 0.717) is 18.4 Å². The molecule has 0 amide bonds. The predicted molar refractivity (Wildman–Crippen MR) is 71.3 cm³/mol. The van der Waals surface area contributed by atoms with Crippen LogP contribution in [0.4, 0.5) is 0 Å². The zero-order chi connectivity index (χ0) is 14.2. The molecule has 2 N–H and O–H groups in total. The summed E-state index contributed by atoms with van der Waals surface area (Å²) in [5.74, 6) is -0.899. The minimum Gasteiger partial charge on any atom is -0.454 e. The van der Waals surface area contributed by atoms with Gasteiger partial charge in [-0.1, -0.05) is 18.2 Å². The zero-order valence-corrected chi connectivity index (χ0v) is 11.3. The zero-order valence-electron chi connectivity index (χ0n) is 11.3. The third-order valence-electron chi connectivity index (χ3n) is 3.85. The molecule has 1 aliphatic heterocycles. The first kappa shape index (κ1) is 14.0. The molecule has 4 atom stereocenters. The van der Waals surface area contributed by atoms with Crippen LogP contribution in [0.3, 0.4) is 0 Å². The summed E-state index contributed by atoms with van der Waals surface area (Å²) in [7, 11) is 0. The van der Waals surface area contributed by atoms with E-state index in [9.17, 15) is 15.0 Å². The number of ether oxygens (including phenoxy) is 1. The van der Waals surface area contributed by atoms with Crippen molar-refractivity contribution in [3.8, 4) is 0 Å². The molecule has 0 unspecified atom stereocenters. The lowest BCUT2D eigenvalue weighted by Gasteiger charge is -2.24. The summed E-state index contributed by atoms with van der Waals surface area (Å²) < 4.78 is 5.23. The van der Waals surface area contributed by atoms with Gasteiger partial charge >= 0.3 is 5.97 Å². The predicted octanol–water partition coefficient (Wildman–Crippen LogP) is 1.49. The number of hydrogen-bond donors (Lipinski definition) is 2. The Morgan fingerprint density at radius 1 is 1.37 bits per heavy atom. The maximum absolute atomic E-state index is 11.6. The lowest BCUT2D eigenvalue weighted by molar-refractivity contribution is -0.137. The number of carbonyl (C=O) groups is 1. The van der Waals surface area contributed by atoms with Crippen LogP contribution in [0.2, 0.25) is 0 Å². The highest BCUT2D eigenvalue weighted by atomic mass is 16.6. The van der Waals surface area contributed by atoms with Gasteiger partial charge in [-0.25, -0.2) is 4.79 Å². The molecular formula is C15H20O4. The second kappa shape index (κ2) is 5.31. The summed E-state index contributed by atoms with van der Waals surface area (Å²) in [5.41, 5.74) is 2.05. The first-order valence-electron chi connectivity index (χ1n) is 6.50. The number of aliphatic hydroxyl groups excluding tert-OH is 2. The number of esters is 1. The molecule has 104 valence electrons.